The summed E-state index contributed by atoms with van der Waals surface area (Å²) in [6.07, 6.45) is 2.80. The third kappa shape index (κ3) is 3.50. The maximum Gasteiger partial charge on any atom is 0.409 e. The van der Waals surface area contributed by atoms with Crippen LogP contribution in [0.5, 0.6) is 0 Å². The zero-order chi connectivity index (χ0) is 18.8. The Labute approximate surface area is 149 Å². The summed E-state index contributed by atoms with van der Waals surface area (Å²) in [6, 6.07) is -0.661. The number of ketones is 1. The molecule has 3 atom stereocenters. The van der Waals surface area contributed by atoms with Crippen LogP contribution in [0.4, 0.5) is 4.79 Å². The third-order valence-electron chi connectivity index (χ3n) is 4.56. The van der Waals surface area contributed by atoms with Gasteiger partial charge in [0.25, 0.3) is 0 Å². The van der Waals surface area contributed by atoms with Gasteiger partial charge in [-0.25, -0.2) is 4.79 Å². The van der Waals surface area contributed by atoms with E-state index in [1.165, 1.54) is 12.0 Å². The third-order valence-corrected chi connectivity index (χ3v) is 5.53. The van der Waals surface area contributed by atoms with Crippen molar-refractivity contribution in [3.63, 3.8) is 0 Å². The Hall–Kier alpha value is -1.67. The van der Waals surface area contributed by atoms with Crippen molar-refractivity contribution >= 4 is 26.2 Å². The molecular weight excluding hydrogens is 342 g/mol. The molecule has 0 aromatic rings. The van der Waals surface area contributed by atoms with Crippen molar-refractivity contribution in [2.45, 2.75) is 51.6 Å². The fourth-order valence-electron chi connectivity index (χ4n) is 3.63. The first-order valence-electron chi connectivity index (χ1n) is 8.58. The summed E-state index contributed by atoms with van der Waals surface area (Å²) < 4.78 is 16.3. The van der Waals surface area contributed by atoms with E-state index in [0.717, 1.165) is 0 Å². The molecule has 0 unspecified atom stereocenters. The standard InChI is InChI=1S/C17H27NO6Si/c1-6-23-15(20)17-12(8-7-9-14(17)24-25(3,4)5)18(16(21)22-2)11-10-13(17)19/h7,9,12,14H,6,8,10-11H2,1-5H3/t12-,14-,17-/m0/s1. The van der Waals surface area contributed by atoms with Gasteiger partial charge in [0, 0.05) is 13.0 Å². The molecule has 25 heavy (non-hydrogen) atoms. The molecule has 1 fully saturated rings. The number of carbonyl (C=O) groups excluding carboxylic acids is 3. The molecule has 0 aromatic carbocycles. The number of amides is 1. The fourth-order valence-corrected chi connectivity index (χ4v) is 4.65. The second kappa shape index (κ2) is 7.29. The van der Waals surface area contributed by atoms with Gasteiger partial charge in [-0.15, -0.1) is 0 Å². The smallest absolute Gasteiger partial charge is 0.409 e. The number of rotatable bonds is 4. The molecule has 140 valence electrons. The molecule has 7 nitrogen and oxygen atoms in total. The van der Waals surface area contributed by atoms with E-state index >= 15 is 0 Å². The van der Waals surface area contributed by atoms with Crippen LogP contribution in [0.3, 0.4) is 0 Å². The molecule has 1 aliphatic carbocycles. The minimum absolute atomic E-state index is 0.0732. The highest BCUT2D eigenvalue weighted by Gasteiger charge is 2.64. The van der Waals surface area contributed by atoms with Gasteiger partial charge < -0.3 is 18.8 Å². The topological polar surface area (TPSA) is 82.1 Å². The summed E-state index contributed by atoms with van der Waals surface area (Å²) in [5.74, 6) is -0.852. The predicted molar refractivity (Wildman–Crippen MR) is 93.6 cm³/mol. The zero-order valence-electron chi connectivity index (χ0n) is 15.5. The molecule has 0 spiro atoms. The van der Waals surface area contributed by atoms with E-state index in [9.17, 15) is 14.4 Å². The van der Waals surface area contributed by atoms with Crippen molar-refractivity contribution in [3.8, 4) is 0 Å². The van der Waals surface area contributed by atoms with Gasteiger partial charge in [0.15, 0.2) is 19.5 Å². The number of nitrogens with zero attached hydrogens (tertiary/aromatic N) is 1. The van der Waals surface area contributed by atoms with Crippen molar-refractivity contribution in [2.24, 2.45) is 5.41 Å². The summed E-state index contributed by atoms with van der Waals surface area (Å²) in [5, 5.41) is 0. The highest BCUT2D eigenvalue weighted by Crippen LogP contribution is 2.45. The number of hydrogen-bond acceptors (Lipinski definition) is 6. The zero-order valence-corrected chi connectivity index (χ0v) is 16.5. The summed E-state index contributed by atoms with van der Waals surface area (Å²) in [5.41, 5.74) is -1.53. The lowest BCUT2D eigenvalue weighted by Gasteiger charge is -2.51. The Morgan fingerprint density at radius 1 is 1.36 bits per heavy atom. The molecule has 2 rings (SSSR count). The van der Waals surface area contributed by atoms with Gasteiger partial charge in [-0.2, -0.15) is 0 Å². The molecule has 2 aliphatic rings. The van der Waals surface area contributed by atoms with E-state index in [1.54, 1.807) is 13.0 Å². The van der Waals surface area contributed by atoms with Crippen LogP contribution < -0.4 is 0 Å². The molecule has 0 saturated carbocycles. The molecule has 0 bridgehead atoms. The molecule has 1 saturated heterocycles. The van der Waals surface area contributed by atoms with Gasteiger partial charge in [0.1, 0.15) is 0 Å². The van der Waals surface area contributed by atoms with E-state index in [1.807, 2.05) is 25.7 Å². The van der Waals surface area contributed by atoms with Crippen LogP contribution >= 0.6 is 0 Å². The van der Waals surface area contributed by atoms with Crippen molar-refractivity contribution in [1.82, 2.24) is 4.90 Å². The van der Waals surface area contributed by atoms with Crippen LogP contribution in [0.2, 0.25) is 19.6 Å². The molecule has 0 N–H and O–H groups in total. The lowest BCUT2D eigenvalue weighted by atomic mass is 9.64. The van der Waals surface area contributed by atoms with Gasteiger partial charge in [0.2, 0.25) is 0 Å². The second-order valence-electron chi connectivity index (χ2n) is 7.26. The molecule has 0 aromatic heterocycles. The number of carbonyl (C=O) groups is 3. The van der Waals surface area contributed by atoms with E-state index in [4.69, 9.17) is 13.9 Å². The molecule has 8 heteroatoms. The number of piperidine rings is 1. The SMILES string of the molecule is CCOC(=O)[C@]12C(=O)CCN(C(=O)OC)[C@H]1CC=C[C@@H]2O[Si](C)(C)C. The van der Waals surface area contributed by atoms with Gasteiger partial charge in [-0.05, 0) is 33.0 Å². The number of likely N-dealkylation sites (tertiary alicyclic amines) is 1. The Kier molecular flexibility index (Phi) is 5.73. The van der Waals surface area contributed by atoms with Crippen molar-refractivity contribution < 1.29 is 28.3 Å². The Morgan fingerprint density at radius 3 is 2.60 bits per heavy atom. The summed E-state index contributed by atoms with van der Waals surface area (Å²) in [7, 11) is -0.779. The van der Waals surface area contributed by atoms with Crippen molar-refractivity contribution in [1.29, 1.82) is 0 Å². The number of hydrogen-bond donors (Lipinski definition) is 0. The van der Waals surface area contributed by atoms with Gasteiger partial charge >= 0.3 is 12.1 Å². The Bertz CT molecular complexity index is 584. The molecule has 1 heterocycles. The van der Waals surface area contributed by atoms with Crippen molar-refractivity contribution in [2.75, 3.05) is 20.3 Å². The largest absolute Gasteiger partial charge is 0.465 e. The van der Waals surface area contributed by atoms with Gasteiger partial charge in [0.05, 0.1) is 25.9 Å². The van der Waals surface area contributed by atoms with Crippen LogP contribution in [0.15, 0.2) is 12.2 Å². The van der Waals surface area contributed by atoms with E-state index in [-0.39, 0.29) is 25.4 Å². The van der Waals surface area contributed by atoms with Gasteiger partial charge in [-0.3, -0.25) is 9.59 Å². The van der Waals surface area contributed by atoms with E-state index in [0.29, 0.717) is 6.42 Å². The summed E-state index contributed by atoms with van der Waals surface area (Å²) in [6.45, 7) is 8.06. The van der Waals surface area contributed by atoms with Crippen LogP contribution in [-0.4, -0.2) is 63.5 Å². The normalized spacial score (nSPS) is 29.2. The molecular formula is C17H27NO6Si. The minimum Gasteiger partial charge on any atom is -0.465 e. The molecule has 1 aliphatic heterocycles. The first-order valence-corrected chi connectivity index (χ1v) is 12.0. The highest BCUT2D eigenvalue weighted by atomic mass is 28.4. The summed E-state index contributed by atoms with van der Waals surface area (Å²) in [4.78, 5) is 39.7. The van der Waals surface area contributed by atoms with Gasteiger partial charge in [-0.1, -0.05) is 12.2 Å². The first kappa shape index (κ1) is 19.6. The van der Waals surface area contributed by atoms with E-state index in [2.05, 4.69) is 0 Å². The molecule has 0 radical (unpaired) electrons. The fraction of sp³-hybridized carbons (Fsp3) is 0.706. The average Bonchev–Trinajstić information content (AvgIpc) is 2.53. The van der Waals surface area contributed by atoms with Crippen LogP contribution in [0.1, 0.15) is 19.8 Å². The van der Waals surface area contributed by atoms with E-state index < -0.39 is 37.9 Å². The quantitative estimate of drug-likeness (QED) is 0.327. The predicted octanol–water partition coefficient (Wildman–Crippen LogP) is 2.13. The second-order valence-corrected chi connectivity index (χ2v) is 11.7. The maximum absolute atomic E-state index is 13.0. The monoisotopic (exact) mass is 369 g/mol. The number of ether oxygens (including phenoxy) is 2. The maximum atomic E-state index is 13.0. The number of methoxy groups -OCH3 is 1. The van der Waals surface area contributed by atoms with Crippen LogP contribution in [0, 0.1) is 5.41 Å². The minimum atomic E-state index is -2.07. The van der Waals surface area contributed by atoms with Crippen LogP contribution in [-0.2, 0) is 23.5 Å². The lowest BCUT2D eigenvalue weighted by molar-refractivity contribution is -0.175. The van der Waals surface area contributed by atoms with Crippen molar-refractivity contribution in [3.05, 3.63) is 12.2 Å². The highest BCUT2D eigenvalue weighted by molar-refractivity contribution is 6.69. The average molecular weight is 369 g/mol. The Morgan fingerprint density at radius 2 is 2.04 bits per heavy atom. The van der Waals surface area contributed by atoms with Crippen LogP contribution in [0.25, 0.3) is 0 Å². The number of Topliss-reactive ketones (excluding diaryl/α,β-unsaturated/α-hetero) is 1. The number of fused-ring (bicyclic) bond motifs is 1. The lowest BCUT2D eigenvalue weighted by Crippen LogP contribution is -2.68. The number of esters is 1. The molecule has 1 amide bonds. The first-order chi connectivity index (χ1) is 11.7. The summed E-state index contributed by atoms with van der Waals surface area (Å²) >= 11 is 0. The Balaban J connectivity index is 2.57.